The van der Waals surface area contributed by atoms with Crippen LogP contribution in [0.15, 0.2) is 72.8 Å². The van der Waals surface area contributed by atoms with Crippen LogP contribution in [0, 0.1) is 0 Å². The van der Waals surface area contributed by atoms with Gasteiger partial charge >= 0.3 is 12.4 Å². The first kappa shape index (κ1) is 38.0. The van der Waals surface area contributed by atoms with Crippen LogP contribution in [0.5, 0.6) is 23.0 Å². The molecule has 0 spiro atoms. The minimum atomic E-state index is -4.69. The molecule has 54 heavy (non-hydrogen) atoms. The van der Waals surface area contributed by atoms with Crippen molar-refractivity contribution < 1.29 is 35.8 Å². The molecule has 4 aromatic rings. The van der Waals surface area contributed by atoms with Crippen molar-refractivity contribution in [3.8, 4) is 23.0 Å². The van der Waals surface area contributed by atoms with Gasteiger partial charge < -0.3 is 20.9 Å². The molecule has 7 rings (SSSR count). The monoisotopic (exact) mass is 750 g/mol. The number of hydrogen-bond donors (Lipinski definition) is 2. The van der Waals surface area contributed by atoms with Crippen molar-refractivity contribution in [2.45, 2.75) is 126 Å². The lowest BCUT2D eigenvalue weighted by molar-refractivity contribution is -0.138. The number of rotatable bonds is 8. The maximum absolute atomic E-state index is 14.2. The summed E-state index contributed by atoms with van der Waals surface area (Å²) in [6, 6.07) is 20.0. The SMILES string of the molecule is Nc1cccc(Oc2ccc(C3(c4ccc(Oc5cccc(N)c5C(F)(F)F)c(C5CCCCC5)c4)CCCCC3)cc2C2CCCCC2)c1C(F)(F)F. The Morgan fingerprint density at radius 2 is 0.870 bits per heavy atom. The number of ether oxygens (including phenoxy) is 2. The second-order valence-electron chi connectivity index (χ2n) is 15.5. The molecule has 288 valence electrons. The van der Waals surface area contributed by atoms with Crippen LogP contribution in [-0.4, -0.2) is 0 Å². The molecule has 0 aliphatic heterocycles. The van der Waals surface area contributed by atoms with E-state index in [9.17, 15) is 26.3 Å². The van der Waals surface area contributed by atoms with Gasteiger partial charge in [0, 0.05) is 16.8 Å². The summed E-state index contributed by atoms with van der Waals surface area (Å²) < 4.78 is 97.5. The molecule has 4 nitrogen and oxygen atoms in total. The van der Waals surface area contributed by atoms with E-state index in [-0.39, 0.29) is 34.7 Å². The number of anilines is 2. The van der Waals surface area contributed by atoms with Crippen molar-refractivity contribution >= 4 is 11.4 Å². The molecule has 0 amide bonds. The summed E-state index contributed by atoms with van der Waals surface area (Å²) in [6.07, 6.45) is 5.41. The third kappa shape index (κ3) is 7.76. The molecule has 3 saturated carbocycles. The van der Waals surface area contributed by atoms with Crippen LogP contribution in [0.25, 0.3) is 0 Å². The van der Waals surface area contributed by atoms with Crippen LogP contribution in [-0.2, 0) is 17.8 Å². The normalized spacial score (nSPS) is 18.7. The average molecular weight is 751 g/mol. The van der Waals surface area contributed by atoms with Crippen LogP contribution < -0.4 is 20.9 Å². The molecule has 10 heteroatoms. The van der Waals surface area contributed by atoms with Gasteiger partial charge in [-0.2, -0.15) is 26.3 Å². The van der Waals surface area contributed by atoms with Gasteiger partial charge in [0.05, 0.1) is 0 Å². The Morgan fingerprint density at radius 3 is 1.26 bits per heavy atom. The number of halogens is 6. The lowest BCUT2D eigenvalue weighted by Gasteiger charge is -2.40. The Morgan fingerprint density at radius 1 is 0.481 bits per heavy atom. The Labute approximate surface area is 313 Å². The van der Waals surface area contributed by atoms with Gasteiger partial charge in [0.15, 0.2) is 0 Å². The molecular formula is C44H48F6N2O2. The summed E-state index contributed by atoms with van der Waals surface area (Å²) in [6.45, 7) is 0. The maximum Gasteiger partial charge on any atom is 0.421 e. The van der Waals surface area contributed by atoms with Gasteiger partial charge in [0.2, 0.25) is 0 Å². The molecule has 0 saturated heterocycles. The van der Waals surface area contributed by atoms with E-state index in [4.69, 9.17) is 20.9 Å². The lowest BCUT2D eigenvalue weighted by atomic mass is 9.64. The zero-order valence-electron chi connectivity index (χ0n) is 30.4. The number of nitrogens with two attached hydrogens (primary N) is 2. The van der Waals surface area contributed by atoms with Crippen LogP contribution >= 0.6 is 0 Å². The quantitative estimate of drug-likeness (QED) is 0.139. The zero-order chi connectivity index (χ0) is 38.1. The van der Waals surface area contributed by atoms with Gasteiger partial charge in [-0.05, 0) is 109 Å². The fourth-order valence-corrected chi connectivity index (χ4v) is 9.35. The zero-order valence-corrected chi connectivity index (χ0v) is 30.4. The Balaban J connectivity index is 1.34. The van der Waals surface area contributed by atoms with Gasteiger partial charge in [-0.3, -0.25) is 0 Å². The minimum absolute atomic E-state index is 0.124. The predicted molar refractivity (Wildman–Crippen MR) is 200 cm³/mol. The third-order valence-electron chi connectivity index (χ3n) is 12.0. The van der Waals surface area contributed by atoms with E-state index < -0.39 is 28.9 Å². The summed E-state index contributed by atoms with van der Waals surface area (Å²) >= 11 is 0. The first-order valence-corrected chi connectivity index (χ1v) is 19.4. The molecule has 3 fully saturated rings. The molecule has 0 atom stereocenters. The Hall–Kier alpha value is -4.34. The summed E-state index contributed by atoms with van der Waals surface area (Å²) in [5, 5.41) is 0. The highest BCUT2D eigenvalue weighted by atomic mass is 19.4. The molecule has 0 unspecified atom stereocenters. The topological polar surface area (TPSA) is 70.5 Å². The van der Waals surface area contributed by atoms with Crippen LogP contribution in [0.1, 0.15) is 142 Å². The second kappa shape index (κ2) is 15.4. The van der Waals surface area contributed by atoms with Crippen molar-refractivity contribution in [2.75, 3.05) is 11.5 Å². The van der Waals surface area contributed by atoms with Crippen molar-refractivity contribution in [2.24, 2.45) is 0 Å². The highest BCUT2D eigenvalue weighted by Gasteiger charge is 2.41. The standard InChI is InChI=1S/C44H48F6N2O2/c45-43(46,47)40-34(51)16-10-18-38(40)53-36-22-20-30(26-32(36)28-12-4-1-5-13-28)42(24-8-3-9-25-42)31-21-23-37(33(27-31)29-14-6-2-7-15-29)54-39-19-11-17-35(52)41(39)44(48,49)50/h10-11,16-23,26-29H,1-9,12-15,24-25,51-52H2. The number of benzene rings is 4. The summed E-state index contributed by atoms with van der Waals surface area (Å²) in [5.74, 6) is 0.422. The fourth-order valence-electron chi connectivity index (χ4n) is 9.35. The van der Waals surface area contributed by atoms with Gasteiger partial charge in [0.25, 0.3) is 0 Å². The minimum Gasteiger partial charge on any atom is -0.456 e. The number of hydrogen-bond acceptors (Lipinski definition) is 4. The van der Waals surface area contributed by atoms with Crippen LogP contribution in [0.3, 0.4) is 0 Å². The van der Waals surface area contributed by atoms with E-state index >= 15 is 0 Å². The van der Waals surface area contributed by atoms with Gasteiger partial charge in [-0.1, -0.05) is 94.2 Å². The molecule has 3 aliphatic carbocycles. The van der Waals surface area contributed by atoms with Crippen molar-refractivity contribution in [3.05, 3.63) is 106 Å². The van der Waals surface area contributed by atoms with E-state index in [2.05, 4.69) is 12.1 Å². The van der Waals surface area contributed by atoms with Crippen molar-refractivity contribution in [1.82, 2.24) is 0 Å². The highest BCUT2D eigenvalue weighted by molar-refractivity contribution is 5.59. The van der Waals surface area contributed by atoms with E-state index in [0.717, 1.165) is 119 Å². The first-order valence-electron chi connectivity index (χ1n) is 19.4. The third-order valence-corrected chi connectivity index (χ3v) is 12.0. The fraction of sp³-hybridized carbons (Fsp3) is 0.455. The molecule has 0 bridgehead atoms. The Bertz CT molecular complexity index is 1800. The summed E-state index contributed by atoms with van der Waals surface area (Å²) in [4.78, 5) is 0. The number of nitrogen functional groups attached to an aromatic ring is 2. The maximum atomic E-state index is 14.2. The Kier molecular flexibility index (Phi) is 10.8. The van der Waals surface area contributed by atoms with E-state index in [0.29, 0.717) is 11.5 Å². The van der Waals surface area contributed by atoms with Gasteiger partial charge in [-0.15, -0.1) is 0 Å². The van der Waals surface area contributed by atoms with Crippen molar-refractivity contribution in [3.63, 3.8) is 0 Å². The molecule has 0 radical (unpaired) electrons. The first-order chi connectivity index (χ1) is 25.8. The van der Waals surface area contributed by atoms with Crippen molar-refractivity contribution in [1.29, 1.82) is 0 Å². The molecule has 4 aromatic carbocycles. The molecular weight excluding hydrogens is 702 g/mol. The van der Waals surface area contributed by atoms with E-state index in [1.165, 1.54) is 36.4 Å². The molecule has 3 aliphatic rings. The van der Waals surface area contributed by atoms with Crippen LogP contribution in [0.2, 0.25) is 0 Å². The molecule has 4 N–H and O–H groups in total. The molecule has 0 aromatic heterocycles. The number of alkyl halides is 6. The lowest BCUT2D eigenvalue weighted by Crippen LogP contribution is -2.31. The molecule has 0 heterocycles. The summed E-state index contributed by atoms with van der Waals surface area (Å²) in [7, 11) is 0. The predicted octanol–water partition coefficient (Wildman–Crippen LogP) is 13.8. The van der Waals surface area contributed by atoms with E-state index in [1.807, 2.05) is 24.3 Å². The van der Waals surface area contributed by atoms with E-state index in [1.54, 1.807) is 0 Å². The highest BCUT2D eigenvalue weighted by Crippen LogP contribution is 2.52. The second-order valence-corrected chi connectivity index (χ2v) is 15.5. The van der Waals surface area contributed by atoms with Gasteiger partial charge in [-0.25, -0.2) is 0 Å². The smallest absolute Gasteiger partial charge is 0.421 e. The van der Waals surface area contributed by atoms with Crippen LogP contribution in [0.4, 0.5) is 37.7 Å². The van der Waals surface area contributed by atoms with Gasteiger partial charge in [0.1, 0.15) is 34.1 Å². The summed E-state index contributed by atoms with van der Waals surface area (Å²) in [5.41, 5.74) is 12.5. The largest absolute Gasteiger partial charge is 0.456 e. The average Bonchev–Trinajstić information content (AvgIpc) is 3.15.